The molecule has 1 rings (SSSR count). The fraction of sp³-hybridized carbons (Fsp3) is 0.625. The first-order valence-corrected chi connectivity index (χ1v) is 7.73. The van der Waals surface area contributed by atoms with Crippen LogP contribution in [0.2, 0.25) is 0 Å². The molecule has 0 aliphatic heterocycles. The number of hydrogen-bond donors (Lipinski definition) is 2. The standard InChI is InChI=1S/C16H26FN3O/c1-5-8-18-15-14(9-13(17)10-19-15)16(21)20-11(4)12(6-2)7-3/h9-12H,5-8H2,1-4H3,(H,18,19)(H,20,21). The Morgan fingerprint density at radius 3 is 2.57 bits per heavy atom. The largest absolute Gasteiger partial charge is 0.369 e. The van der Waals surface area contributed by atoms with Gasteiger partial charge < -0.3 is 10.6 Å². The van der Waals surface area contributed by atoms with Gasteiger partial charge in [-0.25, -0.2) is 9.37 Å². The van der Waals surface area contributed by atoms with Crippen LogP contribution >= 0.6 is 0 Å². The second-order valence-electron chi connectivity index (χ2n) is 5.32. The smallest absolute Gasteiger partial charge is 0.255 e. The first kappa shape index (κ1) is 17.4. The second-order valence-corrected chi connectivity index (χ2v) is 5.32. The highest BCUT2D eigenvalue weighted by atomic mass is 19.1. The number of carbonyl (C=O) groups is 1. The first-order valence-electron chi connectivity index (χ1n) is 7.73. The summed E-state index contributed by atoms with van der Waals surface area (Å²) >= 11 is 0. The van der Waals surface area contributed by atoms with Crippen molar-refractivity contribution in [2.45, 2.75) is 53.0 Å². The molecular formula is C16H26FN3O. The van der Waals surface area contributed by atoms with Crippen molar-refractivity contribution >= 4 is 11.7 Å². The van der Waals surface area contributed by atoms with Crippen LogP contribution in [0.5, 0.6) is 0 Å². The third-order valence-corrected chi connectivity index (χ3v) is 3.76. The molecule has 0 bridgehead atoms. The molecule has 0 saturated carbocycles. The predicted octanol–water partition coefficient (Wildman–Crippen LogP) is 3.60. The molecular weight excluding hydrogens is 269 g/mol. The van der Waals surface area contributed by atoms with Crippen molar-refractivity contribution in [1.82, 2.24) is 10.3 Å². The average Bonchev–Trinajstić information content (AvgIpc) is 2.47. The molecule has 1 unspecified atom stereocenters. The highest BCUT2D eigenvalue weighted by molar-refractivity contribution is 5.98. The van der Waals surface area contributed by atoms with Gasteiger partial charge in [-0.1, -0.05) is 33.6 Å². The Bertz CT molecular complexity index is 461. The van der Waals surface area contributed by atoms with Crippen molar-refractivity contribution in [3.05, 3.63) is 23.6 Å². The van der Waals surface area contributed by atoms with Crippen LogP contribution < -0.4 is 10.6 Å². The summed E-state index contributed by atoms with van der Waals surface area (Å²) in [5.41, 5.74) is 0.265. The number of rotatable bonds is 8. The molecule has 1 aromatic heterocycles. The van der Waals surface area contributed by atoms with Crippen LogP contribution in [-0.2, 0) is 0 Å². The molecule has 1 amide bonds. The summed E-state index contributed by atoms with van der Waals surface area (Å²) in [6.07, 6.45) is 4.03. The third kappa shape index (κ3) is 4.99. The summed E-state index contributed by atoms with van der Waals surface area (Å²) in [6.45, 7) is 8.91. The van der Waals surface area contributed by atoms with E-state index in [1.165, 1.54) is 6.07 Å². The molecule has 0 aliphatic rings. The van der Waals surface area contributed by atoms with Crippen LogP contribution in [0.3, 0.4) is 0 Å². The van der Waals surface area contributed by atoms with Gasteiger partial charge in [0.05, 0.1) is 11.8 Å². The minimum Gasteiger partial charge on any atom is -0.369 e. The third-order valence-electron chi connectivity index (χ3n) is 3.76. The molecule has 21 heavy (non-hydrogen) atoms. The van der Waals surface area contributed by atoms with Gasteiger partial charge in [0.1, 0.15) is 11.6 Å². The minimum absolute atomic E-state index is 0.0507. The summed E-state index contributed by atoms with van der Waals surface area (Å²) in [4.78, 5) is 16.4. The van der Waals surface area contributed by atoms with Crippen LogP contribution in [0.15, 0.2) is 12.3 Å². The zero-order valence-corrected chi connectivity index (χ0v) is 13.4. The van der Waals surface area contributed by atoms with Gasteiger partial charge in [-0.2, -0.15) is 0 Å². The number of nitrogens with one attached hydrogen (secondary N) is 2. The number of hydrogen-bond acceptors (Lipinski definition) is 3. The van der Waals surface area contributed by atoms with E-state index < -0.39 is 5.82 Å². The van der Waals surface area contributed by atoms with Gasteiger partial charge in [0, 0.05) is 12.6 Å². The summed E-state index contributed by atoms with van der Waals surface area (Å²) in [6, 6.07) is 1.29. The van der Waals surface area contributed by atoms with Crippen molar-refractivity contribution in [3.8, 4) is 0 Å². The van der Waals surface area contributed by atoms with Gasteiger partial charge in [0.25, 0.3) is 5.91 Å². The van der Waals surface area contributed by atoms with E-state index in [9.17, 15) is 9.18 Å². The number of anilines is 1. The lowest BCUT2D eigenvalue weighted by atomic mass is 9.95. The van der Waals surface area contributed by atoms with Crippen LogP contribution in [0, 0.1) is 11.7 Å². The van der Waals surface area contributed by atoms with Crippen molar-refractivity contribution in [1.29, 1.82) is 0 Å². The van der Waals surface area contributed by atoms with Gasteiger partial charge in [0.2, 0.25) is 0 Å². The normalized spacial score (nSPS) is 12.3. The van der Waals surface area contributed by atoms with E-state index in [0.717, 1.165) is 25.5 Å². The molecule has 4 nitrogen and oxygen atoms in total. The quantitative estimate of drug-likeness (QED) is 0.770. The molecule has 1 atom stereocenters. The summed E-state index contributed by atoms with van der Waals surface area (Å²) in [5, 5.41) is 6.02. The Labute approximate surface area is 126 Å². The Kier molecular flexibility index (Phi) is 7.12. The maximum Gasteiger partial charge on any atom is 0.255 e. The van der Waals surface area contributed by atoms with Crippen LogP contribution in [0.4, 0.5) is 10.2 Å². The molecule has 1 heterocycles. The Morgan fingerprint density at radius 1 is 1.33 bits per heavy atom. The number of carbonyl (C=O) groups excluding carboxylic acids is 1. The summed E-state index contributed by atoms with van der Waals surface area (Å²) in [7, 11) is 0. The fourth-order valence-electron chi connectivity index (χ4n) is 2.39. The van der Waals surface area contributed by atoms with E-state index >= 15 is 0 Å². The lowest BCUT2D eigenvalue weighted by molar-refractivity contribution is 0.0925. The Balaban J connectivity index is 2.87. The number of nitrogens with zero attached hydrogens (tertiary/aromatic N) is 1. The van der Waals surface area contributed by atoms with Crippen LogP contribution in [0.1, 0.15) is 57.3 Å². The van der Waals surface area contributed by atoms with Gasteiger partial charge in [-0.05, 0) is 25.3 Å². The lowest BCUT2D eigenvalue weighted by Crippen LogP contribution is -2.38. The van der Waals surface area contributed by atoms with E-state index in [0.29, 0.717) is 18.3 Å². The van der Waals surface area contributed by atoms with Gasteiger partial charge >= 0.3 is 0 Å². The number of pyridine rings is 1. The molecule has 0 aliphatic carbocycles. The molecule has 1 aromatic rings. The van der Waals surface area contributed by atoms with Gasteiger partial charge in [-0.15, -0.1) is 0 Å². The first-order chi connectivity index (χ1) is 10.0. The topological polar surface area (TPSA) is 54.0 Å². The molecule has 0 radical (unpaired) electrons. The molecule has 118 valence electrons. The number of amides is 1. The lowest BCUT2D eigenvalue weighted by Gasteiger charge is -2.23. The predicted molar refractivity (Wildman–Crippen MR) is 84.0 cm³/mol. The van der Waals surface area contributed by atoms with Crippen LogP contribution in [-0.4, -0.2) is 23.5 Å². The number of aromatic nitrogens is 1. The average molecular weight is 295 g/mol. The van der Waals surface area contributed by atoms with E-state index in [-0.39, 0.29) is 17.5 Å². The van der Waals surface area contributed by atoms with Crippen molar-refractivity contribution in [2.75, 3.05) is 11.9 Å². The maximum atomic E-state index is 13.4. The van der Waals surface area contributed by atoms with Crippen molar-refractivity contribution in [3.63, 3.8) is 0 Å². The monoisotopic (exact) mass is 295 g/mol. The molecule has 0 spiro atoms. The van der Waals surface area contributed by atoms with Crippen molar-refractivity contribution in [2.24, 2.45) is 5.92 Å². The molecule has 0 fully saturated rings. The van der Waals surface area contributed by atoms with E-state index in [1.807, 2.05) is 13.8 Å². The molecule has 2 N–H and O–H groups in total. The Hall–Kier alpha value is -1.65. The van der Waals surface area contributed by atoms with Gasteiger partial charge in [-0.3, -0.25) is 4.79 Å². The van der Waals surface area contributed by atoms with E-state index in [4.69, 9.17) is 0 Å². The minimum atomic E-state index is -0.502. The SMILES string of the molecule is CCCNc1ncc(F)cc1C(=O)NC(C)C(CC)CC. The van der Waals surface area contributed by atoms with E-state index in [2.05, 4.69) is 29.5 Å². The molecule has 0 aromatic carbocycles. The van der Waals surface area contributed by atoms with Gasteiger partial charge in [0.15, 0.2) is 0 Å². The van der Waals surface area contributed by atoms with Crippen LogP contribution in [0.25, 0.3) is 0 Å². The highest BCUT2D eigenvalue weighted by Gasteiger charge is 2.19. The maximum absolute atomic E-state index is 13.4. The van der Waals surface area contributed by atoms with E-state index in [1.54, 1.807) is 0 Å². The summed E-state index contributed by atoms with van der Waals surface area (Å²) in [5.74, 6) is 0.0763. The Morgan fingerprint density at radius 2 is 2.00 bits per heavy atom. The zero-order chi connectivity index (χ0) is 15.8. The number of halogens is 1. The fourth-order valence-corrected chi connectivity index (χ4v) is 2.39. The summed E-state index contributed by atoms with van der Waals surface area (Å²) < 4.78 is 13.4. The second kappa shape index (κ2) is 8.60. The highest BCUT2D eigenvalue weighted by Crippen LogP contribution is 2.17. The zero-order valence-electron chi connectivity index (χ0n) is 13.4. The molecule has 0 saturated heterocycles. The van der Waals surface area contributed by atoms with Crippen molar-refractivity contribution < 1.29 is 9.18 Å². The molecule has 5 heteroatoms.